The van der Waals surface area contributed by atoms with E-state index in [1.807, 2.05) is 39.0 Å². The number of pyridine rings is 2. The van der Waals surface area contributed by atoms with Crippen LogP contribution >= 0.6 is 0 Å². The Labute approximate surface area is 187 Å². The molecule has 1 aromatic carbocycles. The van der Waals surface area contributed by atoms with E-state index >= 15 is 0 Å². The fourth-order valence-electron chi connectivity index (χ4n) is 3.71. The Hall–Kier alpha value is -3.68. The second-order valence-corrected chi connectivity index (χ2v) is 8.81. The van der Waals surface area contributed by atoms with Gasteiger partial charge in [0.2, 0.25) is 0 Å². The van der Waals surface area contributed by atoms with Gasteiger partial charge in [-0.25, -0.2) is 4.79 Å². The minimum Gasteiger partial charge on any atom is -0.444 e. The minimum absolute atomic E-state index is 0.0856. The van der Waals surface area contributed by atoms with Crippen LogP contribution in [0.2, 0.25) is 0 Å². The number of anilines is 2. The van der Waals surface area contributed by atoms with Gasteiger partial charge in [-0.1, -0.05) is 0 Å². The van der Waals surface area contributed by atoms with Gasteiger partial charge in [-0.15, -0.1) is 0 Å². The Morgan fingerprint density at radius 1 is 1.09 bits per heavy atom. The Kier molecular flexibility index (Phi) is 5.94. The summed E-state index contributed by atoms with van der Waals surface area (Å²) in [7, 11) is 0. The summed E-state index contributed by atoms with van der Waals surface area (Å²) in [5.41, 5.74) is 2.14. The third kappa shape index (κ3) is 4.96. The molecule has 0 saturated carbocycles. The van der Waals surface area contributed by atoms with Gasteiger partial charge < -0.3 is 20.3 Å². The molecule has 2 amide bonds. The Bertz CT molecular complexity index is 1130. The Morgan fingerprint density at radius 3 is 2.62 bits per heavy atom. The molecule has 0 bridgehead atoms. The van der Waals surface area contributed by atoms with Gasteiger partial charge in [0.15, 0.2) is 0 Å². The number of ether oxygens (including phenoxy) is 1. The molecule has 3 aromatic rings. The van der Waals surface area contributed by atoms with Gasteiger partial charge in [0.05, 0.1) is 11.1 Å². The van der Waals surface area contributed by atoms with Crippen LogP contribution in [0.3, 0.4) is 0 Å². The van der Waals surface area contributed by atoms with E-state index in [0.29, 0.717) is 29.9 Å². The lowest BCUT2D eigenvalue weighted by Gasteiger charge is -2.24. The number of nitrogens with one attached hydrogen (secondary N) is 2. The first-order valence-corrected chi connectivity index (χ1v) is 10.6. The number of hydrogen-bond donors (Lipinski definition) is 2. The number of aromatic nitrogens is 2. The van der Waals surface area contributed by atoms with E-state index in [9.17, 15) is 9.59 Å². The van der Waals surface area contributed by atoms with Crippen LogP contribution in [0.1, 0.15) is 37.6 Å². The highest BCUT2D eigenvalue weighted by molar-refractivity contribution is 6.13. The van der Waals surface area contributed by atoms with E-state index in [-0.39, 0.29) is 18.0 Å². The first kappa shape index (κ1) is 21.5. The molecule has 1 unspecified atom stereocenters. The molecular formula is C24H27N5O3. The van der Waals surface area contributed by atoms with E-state index in [4.69, 9.17) is 4.74 Å². The van der Waals surface area contributed by atoms with Crippen molar-refractivity contribution in [3.8, 4) is 0 Å². The van der Waals surface area contributed by atoms with E-state index in [1.165, 1.54) is 0 Å². The van der Waals surface area contributed by atoms with E-state index in [0.717, 1.165) is 17.5 Å². The first-order valence-electron chi connectivity index (χ1n) is 10.6. The quantitative estimate of drug-likeness (QED) is 0.637. The average molecular weight is 434 g/mol. The summed E-state index contributed by atoms with van der Waals surface area (Å²) in [5, 5.41) is 7.25. The van der Waals surface area contributed by atoms with Crippen molar-refractivity contribution in [2.45, 2.75) is 38.8 Å². The molecule has 4 rings (SSSR count). The maximum Gasteiger partial charge on any atom is 0.410 e. The number of rotatable bonds is 4. The fraction of sp³-hybridized carbons (Fsp3) is 0.333. The molecule has 1 atom stereocenters. The monoisotopic (exact) mass is 433 g/mol. The highest BCUT2D eigenvalue weighted by atomic mass is 16.6. The molecule has 1 saturated heterocycles. The molecule has 1 aliphatic rings. The molecule has 0 aliphatic carbocycles. The number of likely N-dealkylation sites (tertiary alicyclic amines) is 1. The zero-order valence-electron chi connectivity index (χ0n) is 18.5. The molecule has 3 heterocycles. The molecule has 1 aliphatic heterocycles. The number of hydrogen-bond acceptors (Lipinski definition) is 6. The Morgan fingerprint density at radius 2 is 1.88 bits per heavy atom. The molecule has 8 heteroatoms. The van der Waals surface area contributed by atoms with Crippen molar-refractivity contribution in [3.63, 3.8) is 0 Å². The Balaban J connectivity index is 1.51. The largest absolute Gasteiger partial charge is 0.444 e. The van der Waals surface area contributed by atoms with Crippen molar-refractivity contribution >= 4 is 34.3 Å². The maximum atomic E-state index is 12.9. The molecule has 1 fully saturated rings. The van der Waals surface area contributed by atoms with Gasteiger partial charge in [0, 0.05) is 54.5 Å². The minimum atomic E-state index is -0.517. The van der Waals surface area contributed by atoms with Gasteiger partial charge in [0.25, 0.3) is 5.91 Å². The van der Waals surface area contributed by atoms with Crippen LogP contribution in [0.15, 0.2) is 55.0 Å². The molecule has 166 valence electrons. The third-order valence-corrected chi connectivity index (χ3v) is 5.15. The number of nitrogens with zero attached hydrogens (tertiary/aromatic N) is 3. The topological polar surface area (TPSA) is 96.5 Å². The molecule has 32 heavy (non-hydrogen) atoms. The normalized spacial score (nSPS) is 16.1. The molecular weight excluding hydrogens is 406 g/mol. The lowest BCUT2D eigenvalue weighted by atomic mass is 10.1. The SMILES string of the molecule is CC(C)(C)OC(=O)N1CCC(Nc2ccc(C(=O)Nc3ccncc3)c3ncccc23)C1. The average Bonchev–Trinajstić information content (AvgIpc) is 3.22. The van der Waals surface area contributed by atoms with Gasteiger partial charge in [-0.2, -0.15) is 0 Å². The van der Waals surface area contributed by atoms with Crippen LogP contribution in [0.4, 0.5) is 16.2 Å². The van der Waals surface area contributed by atoms with Gasteiger partial charge in [0.1, 0.15) is 5.60 Å². The highest BCUT2D eigenvalue weighted by Gasteiger charge is 2.30. The molecule has 8 nitrogen and oxygen atoms in total. The standard InChI is InChI=1S/C24H27N5O3/c1-24(2,3)32-23(31)29-14-10-17(15-29)27-20-7-6-19(21-18(20)5-4-11-26-21)22(30)28-16-8-12-25-13-9-16/h4-9,11-13,17,27H,10,14-15H2,1-3H3,(H,25,28,30). The second kappa shape index (κ2) is 8.82. The maximum absolute atomic E-state index is 12.9. The van der Waals surface area contributed by atoms with Gasteiger partial charge >= 0.3 is 6.09 Å². The number of amides is 2. The van der Waals surface area contributed by atoms with Crippen molar-refractivity contribution in [1.82, 2.24) is 14.9 Å². The smallest absolute Gasteiger partial charge is 0.410 e. The van der Waals surface area contributed by atoms with Crippen molar-refractivity contribution in [2.75, 3.05) is 23.7 Å². The van der Waals surface area contributed by atoms with E-state index in [1.54, 1.807) is 41.7 Å². The van der Waals surface area contributed by atoms with E-state index < -0.39 is 5.60 Å². The summed E-state index contributed by atoms with van der Waals surface area (Å²) in [6, 6.07) is 11.0. The lowest BCUT2D eigenvalue weighted by molar-refractivity contribution is 0.0293. The van der Waals surface area contributed by atoms with Gasteiger partial charge in [-0.05, 0) is 63.6 Å². The molecule has 0 spiro atoms. The van der Waals surface area contributed by atoms with Crippen LogP contribution in [0, 0.1) is 0 Å². The lowest BCUT2D eigenvalue weighted by Crippen LogP contribution is -2.36. The first-order chi connectivity index (χ1) is 15.3. The fourth-order valence-corrected chi connectivity index (χ4v) is 3.71. The van der Waals surface area contributed by atoms with Crippen molar-refractivity contribution < 1.29 is 14.3 Å². The van der Waals surface area contributed by atoms with Crippen LogP contribution < -0.4 is 10.6 Å². The number of benzene rings is 1. The van der Waals surface area contributed by atoms with Gasteiger partial charge in [-0.3, -0.25) is 14.8 Å². The number of fused-ring (bicyclic) bond motifs is 1. The number of carbonyl (C=O) groups is 2. The summed E-state index contributed by atoms with van der Waals surface area (Å²) in [6.07, 6.45) is 5.44. The second-order valence-electron chi connectivity index (χ2n) is 8.81. The van der Waals surface area contributed by atoms with Crippen LogP contribution in [0.25, 0.3) is 10.9 Å². The molecule has 0 radical (unpaired) electrons. The predicted octanol–water partition coefficient (Wildman–Crippen LogP) is 4.30. The zero-order valence-corrected chi connectivity index (χ0v) is 18.5. The predicted molar refractivity (Wildman–Crippen MR) is 124 cm³/mol. The van der Waals surface area contributed by atoms with Crippen molar-refractivity contribution in [3.05, 3.63) is 60.6 Å². The summed E-state index contributed by atoms with van der Waals surface area (Å²) in [6.45, 7) is 6.78. The van der Waals surface area contributed by atoms with Crippen molar-refractivity contribution in [1.29, 1.82) is 0 Å². The third-order valence-electron chi connectivity index (χ3n) is 5.15. The summed E-state index contributed by atoms with van der Waals surface area (Å²) >= 11 is 0. The number of carbonyl (C=O) groups excluding carboxylic acids is 2. The molecule has 2 N–H and O–H groups in total. The summed E-state index contributed by atoms with van der Waals surface area (Å²) in [4.78, 5) is 35.4. The highest BCUT2D eigenvalue weighted by Crippen LogP contribution is 2.28. The zero-order chi connectivity index (χ0) is 22.7. The summed E-state index contributed by atoms with van der Waals surface area (Å²) < 4.78 is 5.48. The van der Waals surface area contributed by atoms with Crippen LogP contribution in [0.5, 0.6) is 0 Å². The molecule has 2 aromatic heterocycles. The van der Waals surface area contributed by atoms with E-state index in [2.05, 4.69) is 20.6 Å². The van der Waals surface area contributed by atoms with Crippen LogP contribution in [-0.2, 0) is 4.74 Å². The summed E-state index contributed by atoms with van der Waals surface area (Å²) in [5.74, 6) is -0.233. The van der Waals surface area contributed by atoms with Crippen LogP contribution in [-0.4, -0.2) is 51.6 Å². The van der Waals surface area contributed by atoms with Crippen molar-refractivity contribution in [2.24, 2.45) is 0 Å².